The molecule has 3 rings (SSSR count). The number of nitrogens with one attached hydrogen (secondary N) is 1. The molecule has 22 heavy (non-hydrogen) atoms. The van der Waals surface area contributed by atoms with E-state index in [1.165, 1.54) is 6.08 Å². The summed E-state index contributed by atoms with van der Waals surface area (Å²) in [7, 11) is 0. The van der Waals surface area contributed by atoms with E-state index in [9.17, 15) is 4.79 Å². The minimum atomic E-state index is -0.191. The molecule has 0 saturated carbocycles. The number of hydrogen-bond donors (Lipinski definition) is 1. The van der Waals surface area contributed by atoms with Crippen LogP contribution in [0.2, 0.25) is 0 Å². The normalized spacial score (nSPS) is 10.7. The van der Waals surface area contributed by atoms with Gasteiger partial charge in [0.05, 0.1) is 6.26 Å². The highest BCUT2D eigenvalue weighted by Crippen LogP contribution is 2.20. The molecule has 0 atom stereocenters. The fourth-order valence-electron chi connectivity index (χ4n) is 2.10. The van der Waals surface area contributed by atoms with Gasteiger partial charge < -0.3 is 9.73 Å². The highest BCUT2D eigenvalue weighted by molar-refractivity contribution is 6.01. The van der Waals surface area contributed by atoms with Crippen LogP contribution in [0.4, 0.5) is 5.69 Å². The lowest BCUT2D eigenvalue weighted by molar-refractivity contribution is -0.111. The molecule has 3 nitrogen and oxygen atoms in total. The molecule has 0 aliphatic rings. The van der Waals surface area contributed by atoms with Crippen LogP contribution in [0.15, 0.2) is 83.5 Å². The Morgan fingerprint density at radius 2 is 1.59 bits per heavy atom. The summed E-state index contributed by atoms with van der Waals surface area (Å²) >= 11 is 0. The number of carbonyl (C=O) groups is 1. The van der Waals surface area contributed by atoms with E-state index in [2.05, 4.69) is 17.4 Å². The van der Waals surface area contributed by atoms with Crippen LogP contribution in [0, 0.1) is 0 Å². The molecule has 0 unspecified atom stereocenters. The predicted octanol–water partition coefficient (Wildman–Crippen LogP) is 4.60. The fraction of sp³-hybridized carbons (Fsp3) is 0. The van der Waals surface area contributed by atoms with Crippen molar-refractivity contribution >= 4 is 17.7 Å². The molecule has 2 aromatic carbocycles. The van der Waals surface area contributed by atoms with E-state index in [1.807, 2.05) is 42.5 Å². The number of anilines is 1. The van der Waals surface area contributed by atoms with Crippen LogP contribution < -0.4 is 5.32 Å². The topological polar surface area (TPSA) is 42.2 Å². The van der Waals surface area contributed by atoms with E-state index in [1.54, 1.807) is 24.5 Å². The average molecular weight is 289 g/mol. The number of rotatable bonds is 4. The largest absolute Gasteiger partial charge is 0.465 e. The van der Waals surface area contributed by atoms with Crippen molar-refractivity contribution in [3.8, 4) is 11.1 Å². The Bertz CT molecular complexity index is 757. The maximum atomic E-state index is 11.8. The minimum absolute atomic E-state index is 0.191. The summed E-state index contributed by atoms with van der Waals surface area (Å²) in [6, 6.07) is 21.4. The van der Waals surface area contributed by atoms with Crippen molar-refractivity contribution in [3.63, 3.8) is 0 Å². The van der Waals surface area contributed by atoms with Crippen molar-refractivity contribution in [1.29, 1.82) is 0 Å². The third-order valence-corrected chi connectivity index (χ3v) is 3.20. The Kier molecular flexibility index (Phi) is 4.16. The van der Waals surface area contributed by atoms with Crippen molar-refractivity contribution in [2.75, 3.05) is 5.32 Å². The molecule has 108 valence electrons. The molecular weight excluding hydrogens is 274 g/mol. The molecule has 0 spiro atoms. The first-order chi connectivity index (χ1) is 10.8. The molecule has 0 saturated heterocycles. The van der Waals surface area contributed by atoms with Gasteiger partial charge in [-0.15, -0.1) is 0 Å². The van der Waals surface area contributed by atoms with Crippen LogP contribution in [0.3, 0.4) is 0 Å². The van der Waals surface area contributed by atoms with E-state index in [-0.39, 0.29) is 5.91 Å². The molecule has 0 bridgehead atoms. The van der Waals surface area contributed by atoms with Crippen LogP contribution in [0.5, 0.6) is 0 Å². The molecule has 3 aromatic rings. The molecule has 1 N–H and O–H groups in total. The first kappa shape index (κ1) is 13.9. The summed E-state index contributed by atoms with van der Waals surface area (Å²) in [5.41, 5.74) is 3.02. The number of hydrogen-bond acceptors (Lipinski definition) is 2. The van der Waals surface area contributed by atoms with Gasteiger partial charge in [-0.2, -0.15) is 0 Å². The van der Waals surface area contributed by atoms with Gasteiger partial charge in [0.25, 0.3) is 0 Å². The first-order valence-corrected chi connectivity index (χ1v) is 6.99. The van der Waals surface area contributed by atoms with Crippen molar-refractivity contribution in [3.05, 3.63) is 84.8 Å². The van der Waals surface area contributed by atoms with E-state index < -0.39 is 0 Å². The number of amides is 1. The van der Waals surface area contributed by atoms with Crippen molar-refractivity contribution in [1.82, 2.24) is 0 Å². The summed E-state index contributed by atoms with van der Waals surface area (Å²) in [4.78, 5) is 11.8. The molecule has 0 aliphatic heterocycles. The van der Waals surface area contributed by atoms with Crippen LogP contribution in [0.25, 0.3) is 17.2 Å². The Balaban J connectivity index is 1.65. The Hall–Kier alpha value is -3.07. The van der Waals surface area contributed by atoms with Crippen molar-refractivity contribution in [2.45, 2.75) is 0 Å². The van der Waals surface area contributed by atoms with Gasteiger partial charge >= 0.3 is 0 Å². The molecule has 3 heteroatoms. The van der Waals surface area contributed by atoms with E-state index in [0.29, 0.717) is 5.76 Å². The quantitative estimate of drug-likeness (QED) is 0.713. The SMILES string of the molecule is O=C(C=Cc1ccco1)Nc1ccc(-c2ccccc2)cc1. The summed E-state index contributed by atoms with van der Waals surface area (Å²) < 4.78 is 5.13. The molecule has 0 radical (unpaired) electrons. The predicted molar refractivity (Wildman–Crippen MR) is 88.2 cm³/mol. The average Bonchev–Trinajstić information content (AvgIpc) is 3.08. The van der Waals surface area contributed by atoms with Crippen molar-refractivity contribution in [2.24, 2.45) is 0 Å². The molecule has 0 aliphatic carbocycles. The standard InChI is InChI=1S/C19H15NO2/c21-19(13-12-18-7-4-14-22-18)20-17-10-8-16(9-11-17)15-5-2-1-3-6-15/h1-14H,(H,20,21). The van der Waals surface area contributed by atoms with Crippen LogP contribution in [-0.2, 0) is 4.79 Å². The third kappa shape index (κ3) is 3.52. The van der Waals surface area contributed by atoms with Gasteiger partial charge in [-0.05, 0) is 41.5 Å². The first-order valence-electron chi connectivity index (χ1n) is 6.99. The third-order valence-electron chi connectivity index (χ3n) is 3.20. The number of benzene rings is 2. The Morgan fingerprint density at radius 1 is 0.864 bits per heavy atom. The van der Waals surface area contributed by atoms with Gasteiger partial charge in [0.2, 0.25) is 5.91 Å². The molecule has 1 heterocycles. The maximum Gasteiger partial charge on any atom is 0.248 e. The minimum Gasteiger partial charge on any atom is -0.465 e. The van der Waals surface area contributed by atoms with Gasteiger partial charge in [-0.1, -0.05) is 42.5 Å². The second-order valence-electron chi connectivity index (χ2n) is 4.78. The van der Waals surface area contributed by atoms with Crippen molar-refractivity contribution < 1.29 is 9.21 Å². The fourth-order valence-corrected chi connectivity index (χ4v) is 2.10. The zero-order valence-corrected chi connectivity index (χ0v) is 11.9. The molecular formula is C19H15NO2. The summed E-state index contributed by atoms with van der Waals surface area (Å²) in [6.07, 6.45) is 4.65. The molecule has 1 amide bonds. The summed E-state index contributed by atoms with van der Waals surface area (Å²) in [5.74, 6) is 0.457. The van der Waals surface area contributed by atoms with Gasteiger partial charge in [0, 0.05) is 11.8 Å². The molecule has 1 aromatic heterocycles. The van der Waals surface area contributed by atoms with E-state index in [0.717, 1.165) is 16.8 Å². The lowest BCUT2D eigenvalue weighted by Crippen LogP contribution is -2.07. The number of furan rings is 1. The zero-order chi connectivity index (χ0) is 15.2. The second-order valence-corrected chi connectivity index (χ2v) is 4.78. The lowest BCUT2D eigenvalue weighted by atomic mass is 10.1. The zero-order valence-electron chi connectivity index (χ0n) is 11.9. The highest BCUT2D eigenvalue weighted by atomic mass is 16.3. The van der Waals surface area contributed by atoms with Gasteiger partial charge in [0.15, 0.2) is 0 Å². The monoisotopic (exact) mass is 289 g/mol. The Labute approximate surface area is 128 Å². The van der Waals surface area contributed by atoms with Crippen LogP contribution in [0.1, 0.15) is 5.76 Å². The highest BCUT2D eigenvalue weighted by Gasteiger charge is 2.00. The van der Waals surface area contributed by atoms with Crippen LogP contribution >= 0.6 is 0 Å². The molecule has 0 fully saturated rings. The second kappa shape index (κ2) is 6.59. The van der Waals surface area contributed by atoms with E-state index >= 15 is 0 Å². The lowest BCUT2D eigenvalue weighted by Gasteiger charge is -2.05. The number of carbonyl (C=O) groups excluding carboxylic acids is 1. The van der Waals surface area contributed by atoms with Crippen LogP contribution in [-0.4, -0.2) is 5.91 Å². The summed E-state index contributed by atoms with van der Waals surface area (Å²) in [6.45, 7) is 0. The summed E-state index contributed by atoms with van der Waals surface area (Å²) in [5, 5.41) is 2.82. The van der Waals surface area contributed by atoms with Gasteiger partial charge in [-0.3, -0.25) is 4.79 Å². The smallest absolute Gasteiger partial charge is 0.248 e. The van der Waals surface area contributed by atoms with Gasteiger partial charge in [-0.25, -0.2) is 0 Å². The Morgan fingerprint density at radius 3 is 2.27 bits per heavy atom. The van der Waals surface area contributed by atoms with Gasteiger partial charge in [0.1, 0.15) is 5.76 Å². The van der Waals surface area contributed by atoms with E-state index in [4.69, 9.17) is 4.42 Å². The maximum absolute atomic E-state index is 11.8.